The Kier molecular flexibility index (Phi) is 6.08. The number of benzene rings is 2. The van der Waals surface area contributed by atoms with Crippen molar-refractivity contribution in [3.05, 3.63) is 94.4 Å². The molecule has 1 aliphatic heterocycles. The summed E-state index contributed by atoms with van der Waals surface area (Å²) in [6.07, 6.45) is 3.52. The highest BCUT2D eigenvalue weighted by atomic mass is 16.1. The lowest BCUT2D eigenvalue weighted by atomic mass is 10.1. The Morgan fingerprint density at radius 3 is 2.68 bits per heavy atom. The summed E-state index contributed by atoms with van der Waals surface area (Å²) in [5.74, 6) is 1.88. The van der Waals surface area contributed by atoms with Crippen LogP contribution in [-0.2, 0) is 13.0 Å². The third-order valence-corrected chi connectivity index (χ3v) is 6.19. The molecule has 0 spiro atoms. The molecule has 0 saturated carbocycles. The maximum absolute atomic E-state index is 13.0. The summed E-state index contributed by atoms with van der Waals surface area (Å²) in [6, 6.07) is 22.0. The molecule has 0 fully saturated rings. The topological polar surface area (TPSA) is 75.9 Å². The number of hydrogen-bond acceptors (Lipinski definition) is 6. The molecule has 0 unspecified atom stereocenters. The van der Waals surface area contributed by atoms with Gasteiger partial charge in [0, 0.05) is 30.9 Å². The van der Waals surface area contributed by atoms with E-state index in [1.54, 1.807) is 16.8 Å². The first-order chi connectivity index (χ1) is 16.6. The Morgan fingerprint density at radius 2 is 1.85 bits per heavy atom. The van der Waals surface area contributed by atoms with E-state index in [0.717, 1.165) is 36.3 Å². The molecular weight excluding hydrogens is 424 g/mol. The molecule has 2 aromatic heterocycles. The molecule has 1 aliphatic rings. The fourth-order valence-electron chi connectivity index (χ4n) is 4.30. The van der Waals surface area contributed by atoms with Gasteiger partial charge in [-0.25, -0.2) is 9.97 Å². The van der Waals surface area contributed by atoms with Crippen LogP contribution in [0.1, 0.15) is 37.4 Å². The molecule has 34 heavy (non-hydrogen) atoms. The van der Waals surface area contributed by atoms with Crippen LogP contribution < -0.4 is 15.8 Å². The second-order valence-electron chi connectivity index (χ2n) is 8.51. The maximum Gasteiger partial charge on any atom is 0.255 e. The van der Waals surface area contributed by atoms with Crippen LogP contribution in [0.3, 0.4) is 0 Å². The van der Waals surface area contributed by atoms with Gasteiger partial charge in [-0.05, 0) is 43.0 Å². The van der Waals surface area contributed by atoms with Crippen LogP contribution in [0.25, 0.3) is 11.3 Å². The number of rotatable bonds is 6. The zero-order chi connectivity index (χ0) is 23.5. The summed E-state index contributed by atoms with van der Waals surface area (Å²) in [7, 11) is 0. The third-order valence-electron chi connectivity index (χ3n) is 6.19. The van der Waals surface area contributed by atoms with E-state index in [4.69, 9.17) is 9.97 Å². The number of aromatic nitrogens is 4. The zero-order valence-corrected chi connectivity index (χ0v) is 19.5. The van der Waals surface area contributed by atoms with Gasteiger partial charge in [-0.1, -0.05) is 55.5 Å². The van der Waals surface area contributed by atoms with E-state index in [1.807, 2.05) is 41.3 Å². The minimum absolute atomic E-state index is 0.0447. The highest BCUT2D eigenvalue weighted by molar-refractivity contribution is 5.64. The molecule has 0 saturated heterocycles. The van der Waals surface area contributed by atoms with Gasteiger partial charge >= 0.3 is 0 Å². The quantitative estimate of drug-likeness (QED) is 0.445. The molecular formula is C27H28N6O. The first-order valence-electron chi connectivity index (χ1n) is 11.8. The number of hydrogen-bond donors (Lipinski definition) is 1. The van der Waals surface area contributed by atoms with Crippen LogP contribution in [0.15, 0.2) is 77.7 Å². The highest BCUT2D eigenvalue weighted by Gasteiger charge is 2.23. The summed E-state index contributed by atoms with van der Waals surface area (Å²) >= 11 is 0. The third kappa shape index (κ3) is 4.41. The predicted molar refractivity (Wildman–Crippen MR) is 135 cm³/mol. The van der Waals surface area contributed by atoms with E-state index in [-0.39, 0.29) is 11.6 Å². The molecule has 7 heteroatoms. The lowest BCUT2D eigenvalue weighted by molar-refractivity contribution is 0.561. The molecule has 0 aliphatic carbocycles. The molecule has 172 valence electrons. The molecule has 0 bridgehead atoms. The highest BCUT2D eigenvalue weighted by Crippen LogP contribution is 2.28. The smallest absolute Gasteiger partial charge is 0.255 e. The molecule has 1 N–H and O–H groups in total. The second-order valence-corrected chi connectivity index (χ2v) is 8.51. The SMILES string of the molecule is CCc1cccc(-c2cc(=O)n3c(n2)N(c2ccnc(N[C@@H](C)c4ccccc4)n2)CCC3)c1. The van der Waals surface area contributed by atoms with Gasteiger partial charge in [0.15, 0.2) is 0 Å². The van der Waals surface area contributed by atoms with Gasteiger partial charge in [0.2, 0.25) is 11.9 Å². The van der Waals surface area contributed by atoms with Gasteiger partial charge < -0.3 is 5.32 Å². The van der Waals surface area contributed by atoms with Crippen LogP contribution in [0, 0.1) is 0 Å². The summed E-state index contributed by atoms with van der Waals surface area (Å²) in [6.45, 7) is 5.58. The Bertz CT molecular complexity index is 1350. The first kappa shape index (κ1) is 21.8. The van der Waals surface area contributed by atoms with Crippen LogP contribution in [0.4, 0.5) is 17.7 Å². The van der Waals surface area contributed by atoms with Gasteiger partial charge in [0.1, 0.15) is 5.82 Å². The fraction of sp³-hybridized carbons (Fsp3) is 0.259. The minimum Gasteiger partial charge on any atom is -0.348 e. The largest absolute Gasteiger partial charge is 0.348 e. The van der Waals surface area contributed by atoms with E-state index in [1.165, 1.54) is 5.56 Å². The van der Waals surface area contributed by atoms with Crippen LogP contribution in [-0.4, -0.2) is 26.1 Å². The van der Waals surface area contributed by atoms with Crippen molar-refractivity contribution >= 4 is 17.7 Å². The summed E-state index contributed by atoms with van der Waals surface area (Å²) < 4.78 is 1.73. The predicted octanol–water partition coefficient (Wildman–Crippen LogP) is 4.98. The number of nitrogens with one attached hydrogen (secondary N) is 1. The maximum atomic E-state index is 13.0. The van der Waals surface area contributed by atoms with E-state index in [0.29, 0.717) is 24.1 Å². The zero-order valence-electron chi connectivity index (χ0n) is 19.5. The van der Waals surface area contributed by atoms with Crippen molar-refractivity contribution in [3.8, 4) is 11.3 Å². The van der Waals surface area contributed by atoms with Crippen molar-refractivity contribution in [2.75, 3.05) is 16.8 Å². The van der Waals surface area contributed by atoms with Crippen molar-refractivity contribution in [1.82, 2.24) is 19.5 Å². The Labute approximate surface area is 199 Å². The fourth-order valence-corrected chi connectivity index (χ4v) is 4.30. The molecule has 3 heterocycles. The van der Waals surface area contributed by atoms with Crippen LogP contribution in [0.2, 0.25) is 0 Å². The molecule has 0 radical (unpaired) electrons. The van der Waals surface area contributed by atoms with E-state index >= 15 is 0 Å². The normalized spacial score (nSPS) is 13.9. The molecule has 5 rings (SSSR count). The minimum atomic E-state index is -0.0447. The van der Waals surface area contributed by atoms with Gasteiger partial charge in [0.25, 0.3) is 5.56 Å². The van der Waals surface area contributed by atoms with E-state index in [2.05, 4.69) is 48.4 Å². The van der Waals surface area contributed by atoms with E-state index in [9.17, 15) is 4.79 Å². The second kappa shape index (κ2) is 9.47. The Balaban J connectivity index is 1.49. The van der Waals surface area contributed by atoms with Crippen molar-refractivity contribution < 1.29 is 0 Å². The average Bonchev–Trinajstić information content (AvgIpc) is 2.89. The van der Waals surface area contributed by atoms with Gasteiger partial charge in [-0.2, -0.15) is 4.98 Å². The molecule has 2 aromatic carbocycles. The Morgan fingerprint density at radius 1 is 1.00 bits per heavy atom. The van der Waals surface area contributed by atoms with Gasteiger partial charge in [-0.15, -0.1) is 0 Å². The Hall–Kier alpha value is -4.00. The number of aryl methyl sites for hydroxylation is 1. The molecule has 0 amide bonds. The lowest BCUT2D eigenvalue weighted by Gasteiger charge is -2.30. The first-order valence-corrected chi connectivity index (χ1v) is 11.8. The summed E-state index contributed by atoms with van der Waals surface area (Å²) in [4.78, 5) is 29.1. The standard InChI is InChI=1S/C27H28N6O/c1-3-20-9-7-12-22(17-20)23-18-25(34)33-16-8-15-32(27(33)30-23)24-13-14-28-26(31-24)29-19(2)21-10-5-4-6-11-21/h4-7,9-14,17-19H,3,8,15-16H2,1-2H3,(H,28,29,31)/t19-/m0/s1. The van der Waals surface area contributed by atoms with Crippen molar-refractivity contribution in [2.24, 2.45) is 0 Å². The lowest BCUT2D eigenvalue weighted by Crippen LogP contribution is -2.36. The monoisotopic (exact) mass is 452 g/mol. The number of anilines is 3. The average molecular weight is 453 g/mol. The van der Waals surface area contributed by atoms with E-state index < -0.39 is 0 Å². The van der Waals surface area contributed by atoms with Crippen LogP contribution in [0.5, 0.6) is 0 Å². The van der Waals surface area contributed by atoms with Crippen molar-refractivity contribution in [2.45, 2.75) is 39.3 Å². The van der Waals surface area contributed by atoms with Crippen molar-refractivity contribution in [3.63, 3.8) is 0 Å². The molecule has 1 atom stereocenters. The number of nitrogens with zero attached hydrogens (tertiary/aromatic N) is 5. The molecule has 4 aromatic rings. The summed E-state index contributed by atoms with van der Waals surface area (Å²) in [5.41, 5.74) is 3.97. The van der Waals surface area contributed by atoms with Crippen LogP contribution >= 0.6 is 0 Å². The van der Waals surface area contributed by atoms with Gasteiger partial charge in [-0.3, -0.25) is 14.3 Å². The van der Waals surface area contributed by atoms with Gasteiger partial charge in [0.05, 0.1) is 11.7 Å². The van der Waals surface area contributed by atoms with Crippen molar-refractivity contribution in [1.29, 1.82) is 0 Å². The number of fused-ring (bicyclic) bond motifs is 1. The summed E-state index contributed by atoms with van der Waals surface area (Å²) in [5, 5.41) is 3.39. The molecule has 7 nitrogen and oxygen atoms in total.